The molecule has 0 N–H and O–H groups in total. The number of ether oxygens (including phenoxy) is 1. The van der Waals surface area contributed by atoms with Gasteiger partial charge in [0.15, 0.2) is 6.10 Å². The first kappa shape index (κ1) is 17.5. The minimum Gasteiger partial charge on any atom is -0.453 e. The predicted molar refractivity (Wildman–Crippen MR) is 92.9 cm³/mol. The van der Waals surface area contributed by atoms with E-state index in [4.69, 9.17) is 4.74 Å². The molecule has 6 heteroatoms. The van der Waals surface area contributed by atoms with Crippen LogP contribution in [-0.4, -0.2) is 41.1 Å². The number of nitrogens with zero attached hydrogens (tertiary/aromatic N) is 1. The summed E-state index contributed by atoms with van der Waals surface area (Å²) in [6.45, 7) is 2.83. The lowest BCUT2D eigenvalue weighted by molar-refractivity contribution is -0.146. The van der Waals surface area contributed by atoms with Crippen molar-refractivity contribution in [1.82, 2.24) is 4.90 Å². The largest absolute Gasteiger partial charge is 0.453 e. The third kappa shape index (κ3) is 3.26. The van der Waals surface area contributed by atoms with Crippen LogP contribution in [0.1, 0.15) is 43.6 Å². The zero-order valence-electron chi connectivity index (χ0n) is 14.4. The summed E-state index contributed by atoms with van der Waals surface area (Å²) in [7, 11) is 0. The second-order valence-electron chi connectivity index (χ2n) is 6.10. The molecule has 26 heavy (non-hydrogen) atoms. The van der Waals surface area contributed by atoms with Gasteiger partial charge in [-0.2, -0.15) is 0 Å². The SMILES string of the molecule is Cc1ccc(C(=O)C(C)OC(=O)CN2C(=O)c3ccccc3C2=O)cc1. The lowest BCUT2D eigenvalue weighted by atomic mass is 10.1. The van der Waals surface area contributed by atoms with E-state index in [1.807, 2.05) is 6.92 Å². The van der Waals surface area contributed by atoms with Gasteiger partial charge in [0.05, 0.1) is 11.1 Å². The molecule has 132 valence electrons. The normalized spacial score (nSPS) is 14.2. The van der Waals surface area contributed by atoms with Gasteiger partial charge >= 0.3 is 5.97 Å². The van der Waals surface area contributed by atoms with Crippen LogP contribution in [0.2, 0.25) is 0 Å². The van der Waals surface area contributed by atoms with Crippen LogP contribution in [-0.2, 0) is 9.53 Å². The summed E-state index contributed by atoms with van der Waals surface area (Å²) in [6.07, 6.45) is -1.01. The number of hydrogen-bond donors (Lipinski definition) is 0. The number of rotatable bonds is 5. The maximum absolute atomic E-state index is 12.3. The first-order valence-electron chi connectivity index (χ1n) is 8.14. The molecule has 0 radical (unpaired) electrons. The van der Waals surface area contributed by atoms with Gasteiger partial charge in [-0.15, -0.1) is 0 Å². The van der Waals surface area contributed by atoms with Crippen molar-refractivity contribution in [2.24, 2.45) is 0 Å². The van der Waals surface area contributed by atoms with Crippen molar-refractivity contribution in [3.63, 3.8) is 0 Å². The number of esters is 1. The Morgan fingerprint density at radius 3 is 2.04 bits per heavy atom. The highest BCUT2D eigenvalue weighted by atomic mass is 16.5. The Morgan fingerprint density at radius 1 is 0.962 bits per heavy atom. The minimum atomic E-state index is -1.01. The number of benzene rings is 2. The molecule has 2 aromatic rings. The fourth-order valence-corrected chi connectivity index (χ4v) is 2.75. The van der Waals surface area contributed by atoms with Gasteiger partial charge < -0.3 is 4.74 Å². The molecular formula is C20H17NO5. The van der Waals surface area contributed by atoms with Gasteiger partial charge in [-0.25, -0.2) is 0 Å². The number of carbonyl (C=O) groups excluding carboxylic acids is 4. The first-order chi connectivity index (χ1) is 12.4. The Labute approximate surface area is 150 Å². The van der Waals surface area contributed by atoms with Gasteiger partial charge in [0.2, 0.25) is 5.78 Å². The van der Waals surface area contributed by atoms with E-state index in [0.29, 0.717) is 5.56 Å². The van der Waals surface area contributed by atoms with Crippen LogP contribution in [0.5, 0.6) is 0 Å². The van der Waals surface area contributed by atoms with E-state index < -0.39 is 30.4 Å². The Balaban J connectivity index is 1.64. The number of ketones is 1. The van der Waals surface area contributed by atoms with Gasteiger partial charge in [0.1, 0.15) is 6.54 Å². The van der Waals surface area contributed by atoms with Gasteiger partial charge in [-0.3, -0.25) is 24.1 Å². The van der Waals surface area contributed by atoms with Gasteiger partial charge in [-0.1, -0.05) is 42.0 Å². The monoisotopic (exact) mass is 351 g/mol. The van der Waals surface area contributed by atoms with Crippen LogP contribution >= 0.6 is 0 Å². The van der Waals surface area contributed by atoms with Gasteiger partial charge in [0, 0.05) is 5.56 Å². The molecular weight excluding hydrogens is 334 g/mol. The quantitative estimate of drug-likeness (QED) is 0.469. The standard InChI is InChI=1S/C20H17NO5/c1-12-7-9-14(10-8-12)18(23)13(2)26-17(22)11-21-19(24)15-5-3-4-6-16(15)20(21)25/h3-10,13H,11H2,1-2H3. The molecule has 1 aliphatic rings. The number of carbonyl (C=O) groups is 4. The number of amides is 2. The smallest absolute Gasteiger partial charge is 0.326 e. The van der Waals surface area contributed by atoms with Gasteiger partial charge in [-0.05, 0) is 26.0 Å². The van der Waals surface area contributed by atoms with Crippen molar-refractivity contribution >= 4 is 23.6 Å². The molecule has 1 unspecified atom stereocenters. The molecule has 1 atom stereocenters. The van der Waals surface area contributed by atoms with E-state index in [9.17, 15) is 19.2 Å². The fraction of sp³-hybridized carbons (Fsp3) is 0.200. The summed E-state index contributed by atoms with van der Waals surface area (Å²) in [5.74, 6) is -2.24. The molecule has 1 heterocycles. The average molecular weight is 351 g/mol. The molecule has 0 saturated heterocycles. The topological polar surface area (TPSA) is 80.8 Å². The molecule has 2 aromatic carbocycles. The number of imide groups is 1. The Bertz CT molecular complexity index is 866. The van der Waals surface area contributed by atoms with E-state index in [1.54, 1.807) is 36.4 Å². The molecule has 6 nitrogen and oxygen atoms in total. The molecule has 1 aliphatic heterocycles. The molecule has 0 saturated carbocycles. The number of Topliss-reactive ketones (excluding diaryl/α,β-unsaturated/α-hetero) is 1. The van der Waals surface area contributed by atoms with Crippen LogP contribution in [0.25, 0.3) is 0 Å². The van der Waals surface area contributed by atoms with E-state index >= 15 is 0 Å². The number of fused-ring (bicyclic) bond motifs is 1. The molecule has 0 fully saturated rings. The third-order valence-corrected chi connectivity index (χ3v) is 4.18. The summed E-state index contributed by atoms with van der Waals surface area (Å²) >= 11 is 0. The van der Waals surface area contributed by atoms with Crippen molar-refractivity contribution in [3.8, 4) is 0 Å². The highest BCUT2D eigenvalue weighted by molar-refractivity contribution is 6.22. The first-order valence-corrected chi connectivity index (χ1v) is 8.14. The van der Waals surface area contributed by atoms with E-state index in [1.165, 1.54) is 19.1 Å². The molecule has 0 spiro atoms. The number of aryl methyl sites for hydroxylation is 1. The van der Waals surface area contributed by atoms with Crippen LogP contribution in [0.4, 0.5) is 0 Å². The fourth-order valence-electron chi connectivity index (χ4n) is 2.75. The molecule has 0 aliphatic carbocycles. The van der Waals surface area contributed by atoms with Crippen LogP contribution in [0, 0.1) is 6.92 Å². The zero-order valence-corrected chi connectivity index (χ0v) is 14.4. The summed E-state index contributed by atoms with van der Waals surface area (Å²) in [5.41, 5.74) is 1.96. The minimum absolute atomic E-state index is 0.258. The van der Waals surface area contributed by atoms with Gasteiger partial charge in [0.25, 0.3) is 11.8 Å². The molecule has 2 amide bonds. The lowest BCUT2D eigenvalue weighted by Crippen LogP contribution is -2.37. The maximum atomic E-state index is 12.3. The Kier molecular flexibility index (Phi) is 4.67. The molecule has 3 rings (SSSR count). The average Bonchev–Trinajstić information content (AvgIpc) is 2.87. The second kappa shape index (κ2) is 6.92. The van der Waals surface area contributed by atoms with E-state index in [2.05, 4.69) is 0 Å². The number of hydrogen-bond acceptors (Lipinski definition) is 5. The highest BCUT2D eigenvalue weighted by Gasteiger charge is 2.37. The predicted octanol–water partition coefficient (Wildman–Crippen LogP) is 2.41. The Hall–Kier alpha value is -3.28. The van der Waals surface area contributed by atoms with Crippen molar-refractivity contribution in [1.29, 1.82) is 0 Å². The van der Waals surface area contributed by atoms with Crippen LogP contribution in [0.3, 0.4) is 0 Å². The third-order valence-electron chi connectivity index (χ3n) is 4.18. The Morgan fingerprint density at radius 2 is 1.50 bits per heavy atom. The molecule has 0 bridgehead atoms. The van der Waals surface area contributed by atoms with Crippen molar-refractivity contribution in [3.05, 3.63) is 70.8 Å². The second-order valence-corrected chi connectivity index (χ2v) is 6.10. The molecule has 0 aromatic heterocycles. The summed E-state index contributed by atoms with van der Waals surface area (Å²) in [4.78, 5) is 49.8. The summed E-state index contributed by atoms with van der Waals surface area (Å²) < 4.78 is 5.12. The highest BCUT2D eigenvalue weighted by Crippen LogP contribution is 2.22. The summed E-state index contributed by atoms with van der Waals surface area (Å²) in [5, 5.41) is 0. The van der Waals surface area contributed by atoms with Crippen molar-refractivity contribution in [2.75, 3.05) is 6.54 Å². The summed E-state index contributed by atoms with van der Waals surface area (Å²) in [6, 6.07) is 13.3. The zero-order chi connectivity index (χ0) is 18.8. The van der Waals surface area contributed by atoms with E-state index in [0.717, 1.165) is 10.5 Å². The van der Waals surface area contributed by atoms with Crippen LogP contribution in [0.15, 0.2) is 48.5 Å². The van der Waals surface area contributed by atoms with Crippen molar-refractivity contribution < 1.29 is 23.9 Å². The van der Waals surface area contributed by atoms with Crippen molar-refractivity contribution in [2.45, 2.75) is 20.0 Å². The lowest BCUT2D eigenvalue weighted by Gasteiger charge is -2.16. The maximum Gasteiger partial charge on any atom is 0.326 e. The van der Waals surface area contributed by atoms with Crippen LogP contribution < -0.4 is 0 Å². The van der Waals surface area contributed by atoms with E-state index in [-0.39, 0.29) is 16.9 Å².